The Kier molecular flexibility index (Phi) is 4.27. The molecule has 2 aromatic rings. The maximum absolute atomic E-state index is 4.48. The second-order valence-corrected chi connectivity index (χ2v) is 6.91. The maximum Gasteiger partial charge on any atom is 0.0900 e. The van der Waals surface area contributed by atoms with Crippen LogP contribution in [0.5, 0.6) is 0 Å². The summed E-state index contributed by atoms with van der Waals surface area (Å²) >= 11 is 4.15. The van der Waals surface area contributed by atoms with Gasteiger partial charge in [-0.2, -0.15) is 0 Å². The van der Waals surface area contributed by atoms with Gasteiger partial charge in [0.25, 0.3) is 0 Å². The Morgan fingerprint density at radius 1 is 1.28 bits per heavy atom. The molecule has 0 radical (unpaired) electrons. The minimum absolute atomic E-state index is 0.301. The van der Waals surface area contributed by atoms with Crippen LogP contribution in [0, 0.1) is 24.3 Å². The standard InChI is InChI=1S/C14H17IN2S/c1-8-5-6-12(7-13(8)15)17-10(3)14-9(2)16-11(4)18-14/h5-7,10,17H,1-4H3. The molecule has 0 spiro atoms. The molecule has 0 aliphatic carbocycles. The van der Waals surface area contributed by atoms with E-state index < -0.39 is 0 Å². The lowest BCUT2D eigenvalue weighted by Gasteiger charge is -2.15. The highest BCUT2D eigenvalue weighted by Gasteiger charge is 2.12. The molecule has 2 nitrogen and oxygen atoms in total. The molecule has 96 valence electrons. The number of hydrogen-bond donors (Lipinski definition) is 1. The van der Waals surface area contributed by atoms with Crippen LogP contribution in [0.25, 0.3) is 0 Å². The Morgan fingerprint density at radius 3 is 2.56 bits per heavy atom. The van der Waals surface area contributed by atoms with Crippen LogP contribution in [-0.2, 0) is 0 Å². The molecule has 4 heteroatoms. The van der Waals surface area contributed by atoms with Crippen LogP contribution >= 0.6 is 33.9 Å². The molecule has 1 atom stereocenters. The van der Waals surface area contributed by atoms with E-state index in [2.05, 4.69) is 78.8 Å². The first-order valence-electron chi connectivity index (χ1n) is 5.94. The number of thiazole rings is 1. The number of anilines is 1. The van der Waals surface area contributed by atoms with Gasteiger partial charge in [0.05, 0.1) is 16.7 Å². The fourth-order valence-corrected chi connectivity index (χ4v) is 3.39. The van der Waals surface area contributed by atoms with Crippen LogP contribution < -0.4 is 5.32 Å². The number of aryl methyl sites for hydroxylation is 3. The van der Waals surface area contributed by atoms with Crippen molar-refractivity contribution in [3.05, 3.63) is 42.9 Å². The van der Waals surface area contributed by atoms with Gasteiger partial charge in [0.1, 0.15) is 0 Å². The Labute approximate surface area is 126 Å². The zero-order valence-electron chi connectivity index (χ0n) is 11.0. The normalized spacial score (nSPS) is 12.5. The Morgan fingerprint density at radius 2 is 2.00 bits per heavy atom. The molecule has 1 unspecified atom stereocenters. The Bertz CT molecular complexity index is 563. The van der Waals surface area contributed by atoms with E-state index in [9.17, 15) is 0 Å². The fraction of sp³-hybridized carbons (Fsp3) is 0.357. The summed E-state index contributed by atoms with van der Waals surface area (Å²) in [7, 11) is 0. The summed E-state index contributed by atoms with van der Waals surface area (Å²) in [5.41, 5.74) is 3.63. The molecule has 0 amide bonds. The molecule has 1 aromatic carbocycles. The topological polar surface area (TPSA) is 24.9 Å². The third kappa shape index (κ3) is 3.03. The van der Waals surface area contributed by atoms with E-state index in [1.165, 1.54) is 19.7 Å². The summed E-state index contributed by atoms with van der Waals surface area (Å²) in [6, 6.07) is 6.78. The lowest BCUT2D eigenvalue weighted by atomic mass is 10.2. The Balaban J connectivity index is 2.18. The molecule has 1 heterocycles. The number of nitrogens with zero attached hydrogens (tertiary/aromatic N) is 1. The van der Waals surface area contributed by atoms with Gasteiger partial charge < -0.3 is 5.32 Å². The minimum Gasteiger partial charge on any atom is -0.378 e. The van der Waals surface area contributed by atoms with E-state index in [0.29, 0.717) is 6.04 Å². The summed E-state index contributed by atoms with van der Waals surface area (Å²) in [4.78, 5) is 5.80. The quantitative estimate of drug-likeness (QED) is 0.780. The van der Waals surface area contributed by atoms with Crippen molar-refractivity contribution in [3.8, 4) is 0 Å². The third-order valence-corrected chi connectivity index (χ3v) is 5.31. The van der Waals surface area contributed by atoms with E-state index >= 15 is 0 Å². The molecule has 18 heavy (non-hydrogen) atoms. The maximum atomic E-state index is 4.48. The summed E-state index contributed by atoms with van der Waals surface area (Å²) in [5.74, 6) is 0. The lowest BCUT2D eigenvalue weighted by Crippen LogP contribution is -2.06. The first kappa shape index (κ1) is 13.8. The summed E-state index contributed by atoms with van der Waals surface area (Å²) < 4.78 is 1.29. The van der Waals surface area contributed by atoms with Crippen molar-refractivity contribution >= 4 is 39.6 Å². The minimum atomic E-state index is 0.301. The van der Waals surface area contributed by atoms with Crippen LogP contribution in [0.15, 0.2) is 18.2 Å². The molecule has 0 saturated heterocycles. The number of rotatable bonds is 3. The zero-order chi connectivity index (χ0) is 13.3. The van der Waals surface area contributed by atoms with Crippen molar-refractivity contribution < 1.29 is 0 Å². The molecule has 1 aromatic heterocycles. The van der Waals surface area contributed by atoms with Gasteiger partial charge in [-0.1, -0.05) is 6.07 Å². The largest absolute Gasteiger partial charge is 0.378 e. The predicted octanol–water partition coefficient (Wildman–Crippen LogP) is 4.85. The van der Waals surface area contributed by atoms with Gasteiger partial charge in [0, 0.05) is 14.1 Å². The van der Waals surface area contributed by atoms with E-state index in [0.717, 1.165) is 10.7 Å². The second kappa shape index (κ2) is 5.57. The van der Waals surface area contributed by atoms with Gasteiger partial charge in [-0.15, -0.1) is 11.3 Å². The van der Waals surface area contributed by atoms with Crippen molar-refractivity contribution in [1.82, 2.24) is 4.98 Å². The van der Waals surface area contributed by atoms with Crippen LogP contribution in [0.2, 0.25) is 0 Å². The molecule has 0 aliphatic heterocycles. The molecular weight excluding hydrogens is 355 g/mol. The molecule has 0 aliphatic rings. The zero-order valence-corrected chi connectivity index (χ0v) is 14.0. The Hall–Kier alpha value is -0.620. The molecule has 1 N–H and O–H groups in total. The lowest BCUT2D eigenvalue weighted by molar-refractivity contribution is 0.889. The van der Waals surface area contributed by atoms with E-state index in [1.807, 2.05) is 0 Å². The van der Waals surface area contributed by atoms with Crippen LogP contribution in [-0.4, -0.2) is 4.98 Å². The van der Waals surface area contributed by atoms with Gasteiger partial charge in [-0.25, -0.2) is 4.98 Å². The van der Waals surface area contributed by atoms with Gasteiger partial charge in [-0.3, -0.25) is 0 Å². The average molecular weight is 372 g/mol. The number of nitrogens with one attached hydrogen (secondary N) is 1. The first-order chi connectivity index (χ1) is 8.47. The van der Waals surface area contributed by atoms with Gasteiger partial charge in [-0.05, 0) is 68.0 Å². The van der Waals surface area contributed by atoms with Gasteiger partial charge >= 0.3 is 0 Å². The van der Waals surface area contributed by atoms with Crippen molar-refractivity contribution in [2.24, 2.45) is 0 Å². The molecular formula is C14H17IN2S. The van der Waals surface area contributed by atoms with E-state index in [-0.39, 0.29) is 0 Å². The first-order valence-corrected chi connectivity index (χ1v) is 7.83. The van der Waals surface area contributed by atoms with Crippen molar-refractivity contribution in [3.63, 3.8) is 0 Å². The second-order valence-electron chi connectivity index (χ2n) is 4.51. The van der Waals surface area contributed by atoms with Gasteiger partial charge in [0.15, 0.2) is 0 Å². The van der Waals surface area contributed by atoms with Crippen LogP contribution in [0.1, 0.15) is 34.1 Å². The number of hydrogen-bond acceptors (Lipinski definition) is 3. The highest BCUT2D eigenvalue weighted by atomic mass is 127. The number of benzene rings is 1. The smallest absolute Gasteiger partial charge is 0.0900 e. The SMILES string of the molecule is Cc1nc(C)c(C(C)Nc2ccc(C)c(I)c2)s1. The molecule has 0 saturated carbocycles. The summed E-state index contributed by atoms with van der Waals surface area (Å²) in [6.45, 7) is 8.46. The molecule has 2 rings (SSSR count). The molecule has 0 bridgehead atoms. The van der Waals surface area contributed by atoms with Crippen LogP contribution in [0.4, 0.5) is 5.69 Å². The average Bonchev–Trinajstić information content (AvgIpc) is 2.63. The monoisotopic (exact) mass is 372 g/mol. The molecule has 0 fully saturated rings. The predicted molar refractivity (Wildman–Crippen MR) is 87.5 cm³/mol. The van der Waals surface area contributed by atoms with Crippen molar-refractivity contribution in [2.45, 2.75) is 33.7 Å². The third-order valence-electron chi connectivity index (χ3n) is 2.89. The fourth-order valence-electron chi connectivity index (χ4n) is 1.95. The van der Waals surface area contributed by atoms with Gasteiger partial charge in [0.2, 0.25) is 0 Å². The van der Waals surface area contributed by atoms with E-state index in [4.69, 9.17) is 0 Å². The number of halogens is 1. The summed E-state index contributed by atoms with van der Waals surface area (Å²) in [5, 5.41) is 4.68. The van der Waals surface area contributed by atoms with Crippen LogP contribution in [0.3, 0.4) is 0 Å². The van der Waals surface area contributed by atoms with Crippen molar-refractivity contribution in [2.75, 3.05) is 5.32 Å². The summed E-state index contributed by atoms with van der Waals surface area (Å²) in [6.07, 6.45) is 0. The van der Waals surface area contributed by atoms with Crippen molar-refractivity contribution in [1.29, 1.82) is 0 Å². The van der Waals surface area contributed by atoms with E-state index in [1.54, 1.807) is 11.3 Å². The highest BCUT2D eigenvalue weighted by Crippen LogP contribution is 2.28. The highest BCUT2D eigenvalue weighted by molar-refractivity contribution is 14.1. The number of aromatic nitrogens is 1.